The number of phenols is 1. The van der Waals surface area contributed by atoms with E-state index in [9.17, 15) is 30.1 Å². The highest BCUT2D eigenvalue weighted by atomic mass is 16.6. The average Bonchev–Trinajstić information content (AvgIpc) is 2.67. The van der Waals surface area contributed by atoms with E-state index in [0.717, 1.165) is 12.3 Å². The van der Waals surface area contributed by atoms with E-state index in [1.54, 1.807) is 24.3 Å². The van der Waals surface area contributed by atoms with Crippen LogP contribution >= 0.6 is 0 Å². The van der Waals surface area contributed by atoms with E-state index in [1.807, 2.05) is 0 Å². The van der Waals surface area contributed by atoms with Crippen molar-refractivity contribution in [3.8, 4) is 11.5 Å². The number of non-ortho nitro benzene ring substituents is 1. The minimum atomic E-state index is -0.963. The second-order valence-corrected chi connectivity index (χ2v) is 5.26. The number of rotatable bonds is 8. The van der Waals surface area contributed by atoms with Crippen molar-refractivity contribution in [2.45, 2.75) is 0 Å². The van der Waals surface area contributed by atoms with Crippen LogP contribution in [0.15, 0.2) is 41.5 Å². The van der Waals surface area contributed by atoms with Crippen molar-refractivity contribution < 1.29 is 24.5 Å². The molecular weight excluding hydrogens is 374 g/mol. The van der Waals surface area contributed by atoms with E-state index in [2.05, 4.69) is 15.8 Å². The molecule has 0 saturated heterocycles. The van der Waals surface area contributed by atoms with Gasteiger partial charge in [0.25, 0.3) is 11.6 Å². The van der Waals surface area contributed by atoms with Crippen LogP contribution in [-0.2, 0) is 4.79 Å². The molecule has 12 nitrogen and oxygen atoms in total. The zero-order valence-electron chi connectivity index (χ0n) is 14.5. The van der Waals surface area contributed by atoms with Crippen LogP contribution in [0.4, 0.5) is 17.1 Å². The van der Waals surface area contributed by atoms with Gasteiger partial charge < -0.3 is 15.2 Å². The molecular formula is C16H15N5O7. The van der Waals surface area contributed by atoms with E-state index < -0.39 is 32.9 Å². The Labute approximate surface area is 157 Å². The number of phenolic OH excluding ortho intramolecular Hbond substituents is 1. The molecule has 2 rings (SSSR count). The zero-order valence-corrected chi connectivity index (χ0v) is 14.5. The van der Waals surface area contributed by atoms with Gasteiger partial charge in [-0.2, -0.15) is 5.10 Å². The molecule has 0 aliphatic carbocycles. The molecule has 0 unspecified atom stereocenters. The van der Waals surface area contributed by atoms with Gasteiger partial charge in [-0.1, -0.05) is 12.1 Å². The lowest BCUT2D eigenvalue weighted by Gasteiger charge is -2.09. The van der Waals surface area contributed by atoms with Gasteiger partial charge in [0.05, 0.1) is 47.0 Å². The molecule has 146 valence electrons. The first kappa shape index (κ1) is 20.1. The first-order chi connectivity index (χ1) is 13.3. The highest BCUT2D eigenvalue weighted by Gasteiger charge is 2.23. The van der Waals surface area contributed by atoms with Gasteiger partial charge in [0, 0.05) is 6.07 Å². The molecule has 28 heavy (non-hydrogen) atoms. The second kappa shape index (κ2) is 8.93. The van der Waals surface area contributed by atoms with Gasteiger partial charge >= 0.3 is 5.69 Å². The number of para-hydroxylation sites is 2. The maximum atomic E-state index is 11.8. The third-order valence-electron chi connectivity index (χ3n) is 3.45. The summed E-state index contributed by atoms with van der Waals surface area (Å²) >= 11 is 0. The van der Waals surface area contributed by atoms with Gasteiger partial charge in [-0.3, -0.25) is 25.0 Å². The number of amides is 1. The number of hydrogen-bond donors (Lipinski definition) is 3. The summed E-state index contributed by atoms with van der Waals surface area (Å²) in [4.78, 5) is 31.8. The number of aromatic hydroxyl groups is 1. The molecule has 3 N–H and O–H groups in total. The summed E-state index contributed by atoms with van der Waals surface area (Å²) in [6, 6.07) is 8.44. The molecule has 2 aromatic rings. The number of carbonyl (C=O) groups is 1. The third-order valence-corrected chi connectivity index (χ3v) is 3.45. The summed E-state index contributed by atoms with van der Waals surface area (Å²) in [5.41, 5.74) is 0.978. The van der Waals surface area contributed by atoms with Crippen LogP contribution in [0, 0.1) is 20.2 Å². The fraction of sp³-hybridized carbons (Fsp3) is 0.125. The average molecular weight is 389 g/mol. The minimum absolute atomic E-state index is 0.168. The van der Waals surface area contributed by atoms with Gasteiger partial charge in [0.15, 0.2) is 0 Å². The molecule has 12 heteroatoms. The Morgan fingerprint density at radius 1 is 1.25 bits per heavy atom. The van der Waals surface area contributed by atoms with Crippen molar-refractivity contribution in [3.05, 3.63) is 62.2 Å². The minimum Gasteiger partial charge on any atom is -0.502 e. The summed E-state index contributed by atoms with van der Waals surface area (Å²) in [5, 5.41) is 38.0. The maximum absolute atomic E-state index is 11.8. The SMILES string of the molecule is COc1ccccc1NCC(=O)N/N=C\c1cc([N+](=O)[O-])cc([N+](=O)[O-])c1O. The van der Waals surface area contributed by atoms with Crippen molar-refractivity contribution in [3.63, 3.8) is 0 Å². The zero-order chi connectivity index (χ0) is 20.7. The lowest BCUT2D eigenvalue weighted by atomic mass is 10.1. The molecule has 0 aromatic heterocycles. The van der Waals surface area contributed by atoms with Crippen molar-refractivity contribution in [2.75, 3.05) is 19.0 Å². The fourth-order valence-electron chi connectivity index (χ4n) is 2.15. The Hall–Kier alpha value is -4.22. The predicted octanol–water partition coefficient (Wildman–Crippen LogP) is 1.78. The number of nitrogens with zero attached hydrogens (tertiary/aromatic N) is 3. The largest absolute Gasteiger partial charge is 0.502 e. The summed E-state index contributed by atoms with van der Waals surface area (Å²) < 4.78 is 5.13. The first-order valence-corrected chi connectivity index (χ1v) is 7.68. The molecule has 0 spiro atoms. The van der Waals surface area contributed by atoms with Gasteiger partial charge in [0.1, 0.15) is 5.75 Å². The summed E-state index contributed by atoms with van der Waals surface area (Å²) in [6.07, 6.45) is 0.871. The topological polar surface area (TPSA) is 169 Å². The number of nitro groups is 2. The normalized spacial score (nSPS) is 10.5. The highest BCUT2D eigenvalue weighted by molar-refractivity contribution is 5.88. The van der Waals surface area contributed by atoms with E-state index in [4.69, 9.17) is 4.74 Å². The van der Waals surface area contributed by atoms with Crippen LogP contribution in [0.3, 0.4) is 0 Å². The Bertz CT molecular complexity index is 945. The molecule has 0 heterocycles. The second-order valence-electron chi connectivity index (χ2n) is 5.26. The van der Waals surface area contributed by atoms with Crippen LogP contribution in [0.2, 0.25) is 0 Å². The molecule has 0 bridgehead atoms. The Kier molecular flexibility index (Phi) is 6.41. The number of nitrogens with one attached hydrogen (secondary N) is 2. The highest BCUT2D eigenvalue weighted by Crippen LogP contribution is 2.33. The lowest BCUT2D eigenvalue weighted by molar-refractivity contribution is -0.394. The van der Waals surface area contributed by atoms with E-state index in [1.165, 1.54) is 7.11 Å². The Morgan fingerprint density at radius 2 is 1.96 bits per heavy atom. The number of hydrazone groups is 1. The molecule has 2 aromatic carbocycles. The van der Waals surface area contributed by atoms with Crippen molar-refractivity contribution in [1.82, 2.24) is 5.43 Å². The summed E-state index contributed by atoms with van der Waals surface area (Å²) in [7, 11) is 1.48. The number of ether oxygens (including phenoxy) is 1. The summed E-state index contributed by atoms with van der Waals surface area (Å²) in [5.74, 6) is -0.838. The fourth-order valence-corrected chi connectivity index (χ4v) is 2.15. The predicted molar refractivity (Wildman–Crippen MR) is 98.6 cm³/mol. The van der Waals surface area contributed by atoms with Crippen molar-refractivity contribution in [2.24, 2.45) is 5.10 Å². The van der Waals surface area contributed by atoms with Gasteiger partial charge in [-0.15, -0.1) is 0 Å². The Morgan fingerprint density at radius 3 is 2.61 bits per heavy atom. The molecule has 0 atom stereocenters. The van der Waals surface area contributed by atoms with E-state index in [-0.39, 0.29) is 12.1 Å². The van der Waals surface area contributed by atoms with Gasteiger partial charge in [-0.05, 0) is 12.1 Å². The number of methoxy groups -OCH3 is 1. The molecule has 0 fully saturated rings. The van der Waals surface area contributed by atoms with Crippen LogP contribution in [0.1, 0.15) is 5.56 Å². The quantitative estimate of drug-likeness (QED) is 0.348. The molecule has 0 aliphatic heterocycles. The molecule has 0 saturated carbocycles. The first-order valence-electron chi connectivity index (χ1n) is 7.68. The number of hydrogen-bond acceptors (Lipinski definition) is 9. The van der Waals surface area contributed by atoms with Crippen LogP contribution in [-0.4, -0.2) is 40.7 Å². The molecule has 0 aliphatic rings. The van der Waals surface area contributed by atoms with Gasteiger partial charge in [-0.25, -0.2) is 5.43 Å². The molecule has 1 amide bonds. The van der Waals surface area contributed by atoms with E-state index in [0.29, 0.717) is 17.5 Å². The maximum Gasteiger partial charge on any atom is 0.318 e. The summed E-state index contributed by atoms with van der Waals surface area (Å²) in [6.45, 7) is -0.168. The van der Waals surface area contributed by atoms with Crippen molar-refractivity contribution >= 4 is 29.2 Å². The molecule has 0 radical (unpaired) electrons. The number of carbonyl (C=O) groups excluding carboxylic acids is 1. The number of nitro benzene ring substituents is 2. The monoisotopic (exact) mass is 389 g/mol. The van der Waals surface area contributed by atoms with Crippen LogP contribution in [0.5, 0.6) is 11.5 Å². The standard InChI is InChI=1S/C16H15N5O7/c1-28-14-5-3-2-4-12(14)17-9-15(22)19-18-8-10-6-11(20(24)25)7-13(16(10)23)21(26)27/h2-8,17,23H,9H2,1H3,(H,19,22)/b18-8-. The third kappa shape index (κ3) is 4.91. The lowest BCUT2D eigenvalue weighted by Crippen LogP contribution is -2.26. The smallest absolute Gasteiger partial charge is 0.318 e. The van der Waals surface area contributed by atoms with Crippen LogP contribution < -0.4 is 15.5 Å². The number of anilines is 1. The van der Waals surface area contributed by atoms with Crippen molar-refractivity contribution in [1.29, 1.82) is 0 Å². The van der Waals surface area contributed by atoms with Crippen LogP contribution in [0.25, 0.3) is 0 Å². The number of benzene rings is 2. The van der Waals surface area contributed by atoms with E-state index >= 15 is 0 Å². The van der Waals surface area contributed by atoms with Gasteiger partial charge in [0.2, 0.25) is 5.75 Å². The Balaban J connectivity index is 2.06.